The third-order valence-corrected chi connectivity index (χ3v) is 17.2. The predicted octanol–water partition coefficient (Wildman–Crippen LogP) is 9.40. The first-order chi connectivity index (χ1) is 35.5. The van der Waals surface area contributed by atoms with Gasteiger partial charge in [-0.3, -0.25) is 24.7 Å². The van der Waals surface area contributed by atoms with E-state index < -0.39 is 37.0 Å². The molecule has 1 amide bonds. The molecule has 2 aliphatic carbocycles. The standard InChI is InChI=1S/C56H66N8O9S/c1-36(2)44-8-6-7-9-45(44)49-33-61(32-38-10-15-50(71-4)52(24-38)72-5)22-23-63(49)41-28-56(29-41)34-62(35-56)40-11-13-46(51(26-40)73-42-25-39-18-21-57-53(39)59-31-42)54(65)60-74(69,70)43-12-14-47(48(27-43)64(67)68)58-30-37-16-19-55(3,66)20-17-37/h6-15,18,21,24-27,31,36-37,41,49,58,66H,16-17,19-20,22-23,28-30,32-35H2,1-5H3,(H,57,59)(H,60,65)/t37-,49-,55-/m0/s1. The first kappa shape index (κ1) is 50.8. The average Bonchev–Trinajstić information content (AvgIpc) is 3.84. The molecule has 2 aromatic heterocycles. The number of nitro groups is 1. The van der Waals surface area contributed by atoms with Crippen molar-refractivity contribution in [1.29, 1.82) is 0 Å². The number of nitrogens with one attached hydrogen (secondary N) is 3. The minimum absolute atomic E-state index is 0.0392. The summed E-state index contributed by atoms with van der Waals surface area (Å²) in [5.41, 5.74) is 4.54. The lowest BCUT2D eigenvalue weighted by Gasteiger charge is -2.63. The van der Waals surface area contributed by atoms with Gasteiger partial charge in [0.2, 0.25) is 0 Å². The normalized spacial score (nSPS) is 21.3. The van der Waals surface area contributed by atoms with Crippen LogP contribution in [0.15, 0.2) is 108 Å². The Morgan fingerprint density at radius 3 is 2.46 bits per heavy atom. The number of ether oxygens (including phenoxy) is 3. The molecule has 4 aromatic carbocycles. The van der Waals surface area contributed by atoms with Crippen molar-refractivity contribution < 1.29 is 37.5 Å². The highest BCUT2D eigenvalue weighted by atomic mass is 32.2. The minimum atomic E-state index is -4.59. The molecular weight excluding hydrogens is 961 g/mol. The van der Waals surface area contributed by atoms with Crippen LogP contribution in [0.3, 0.4) is 0 Å². The highest BCUT2D eigenvalue weighted by Crippen LogP contribution is 2.54. The number of H-pyrrole nitrogens is 1. The van der Waals surface area contributed by atoms with E-state index >= 15 is 0 Å². The van der Waals surface area contributed by atoms with Gasteiger partial charge in [-0.25, -0.2) is 18.1 Å². The Hall–Kier alpha value is -6.73. The zero-order valence-electron chi connectivity index (χ0n) is 42.7. The summed E-state index contributed by atoms with van der Waals surface area (Å²) in [6.45, 7) is 12.0. The van der Waals surface area contributed by atoms with Crippen LogP contribution in [0, 0.1) is 21.4 Å². The lowest BCUT2D eigenvalue weighted by molar-refractivity contribution is -0.384. The van der Waals surface area contributed by atoms with E-state index in [9.17, 15) is 28.4 Å². The topological polar surface area (TPSA) is 205 Å². The summed E-state index contributed by atoms with van der Waals surface area (Å²) in [5, 5.41) is 26.5. The zero-order chi connectivity index (χ0) is 51.9. The van der Waals surface area contributed by atoms with Crippen LogP contribution in [0.2, 0.25) is 0 Å². The summed E-state index contributed by atoms with van der Waals surface area (Å²) in [7, 11) is -1.27. The SMILES string of the molecule is COc1ccc(CN2CCN(C3CC4(C3)CN(c3ccc(C(=O)NS(=O)(=O)c5ccc(NC[C@H]6CC[C@](C)(O)CC6)c([N+](=O)[O-])c5)c(Oc5cnc6[nH]ccc6c5)c3)C4)[C@H](c3ccccc3C(C)C)C2)cc1OC. The highest BCUT2D eigenvalue weighted by molar-refractivity contribution is 7.90. The quantitative estimate of drug-likeness (QED) is 0.0497. The molecule has 17 nitrogen and oxygen atoms in total. The molecule has 0 unspecified atom stereocenters. The molecule has 0 bridgehead atoms. The van der Waals surface area contributed by atoms with Crippen LogP contribution in [-0.2, 0) is 16.6 Å². The van der Waals surface area contributed by atoms with Crippen molar-refractivity contribution in [2.75, 3.05) is 63.7 Å². The van der Waals surface area contributed by atoms with Gasteiger partial charge in [-0.05, 0) is 123 Å². The van der Waals surface area contributed by atoms with Crippen LogP contribution < -0.4 is 29.1 Å². The van der Waals surface area contributed by atoms with E-state index in [1.807, 2.05) is 19.1 Å². The van der Waals surface area contributed by atoms with Crippen molar-refractivity contribution in [2.45, 2.75) is 94.3 Å². The number of carbonyl (C=O) groups excluding carboxylic acids is 1. The molecule has 6 aromatic rings. The molecule has 2 aliphatic heterocycles. The van der Waals surface area contributed by atoms with Crippen LogP contribution in [0.25, 0.3) is 11.0 Å². The molecule has 4 N–H and O–H groups in total. The summed E-state index contributed by atoms with van der Waals surface area (Å²) < 4.78 is 47.4. The maximum Gasteiger partial charge on any atom is 0.293 e. The number of benzene rings is 4. The van der Waals surface area contributed by atoms with Crippen LogP contribution in [0.4, 0.5) is 17.1 Å². The second-order valence-electron chi connectivity index (χ2n) is 21.4. The number of nitro benzene ring substituents is 1. The number of nitrogens with zero attached hydrogens (tertiary/aromatic N) is 5. The fourth-order valence-electron chi connectivity index (χ4n) is 11.7. The number of aromatic amines is 1. The Morgan fingerprint density at radius 2 is 1.72 bits per heavy atom. The molecule has 4 fully saturated rings. The number of methoxy groups -OCH3 is 2. The molecule has 18 heteroatoms. The van der Waals surface area contributed by atoms with E-state index in [1.54, 1.807) is 44.7 Å². The molecule has 4 aliphatic rings. The van der Waals surface area contributed by atoms with Crippen LogP contribution in [0.1, 0.15) is 98.3 Å². The van der Waals surface area contributed by atoms with Gasteiger partial charge in [0.25, 0.3) is 21.6 Å². The molecule has 10 rings (SSSR count). The van der Waals surface area contributed by atoms with E-state index in [-0.39, 0.29) is 34.4 Å². The maximum absolute atomic E-state index is 14.1. The highest BCUT2D eigenvalue weighted by Gasteiger charge is 2.55. The van der Waals surface area contributed by atoms with Gasteiger partial charge < -0.3 is 34.5 Å². The lowest BCUT2D eigenvalue weighted by Crippen LogP contribution is -2.68. The molecule has 1 atom stereocenters. The van der Waals surface area contributed by atoms with Gasteiger partial charge >= 0.3 is 0 Å². The molecule has 74 heavy (non-hydrogen) atoms. The Labute approximate surface area is 432 Å². The maximum atomic E-state index is 14.1. The first-order valence-corrected chi connectivity index (χ1v) is 27.1. The van der Waals surface area contributed by atoms with Gasteiger partial charge in [0, 0.05) is 92.7 Å². The molecule has 0 radical (unpaired) electrons. The number of carbonyl (C=O) groups is 1. The number of fused-ring (bicyclic) bond motifs is 1. The van der Waals surface area contributed by atoms with E-state index in [4.69, 9.17) is 14.2 Å². The number of pyridine rings is 1. The smallest absolute Gasteiger partial charge is 0.293 e. The number of aliphatic hydroxyl groups is 1. The minimum Gasteiger partial charge on any atom is -0.493 e. The fourth-order valence-corrected chi connectivity index (χ4v) is 12.7. The van der Waals surface area contributed by atoms with Crippen molar-refractivity contribution in [3.05, 3.63) is 136 Å². The molecular formula is C56H66N8O9S. The predicted molar refractivity (Wildman–Crippen MR) is 284 cm³/mol. The number of amides is 1. The Balaban J connectivity index is 0.840. The van der Waals surface area contributed by atoms with Gasteiger partial charge in [-0.15, -0.1) is 0 Å². The number of sulfonamides is 1. The van der Waals surface area contributed by atoms with Crippen molar-refractivity contribution >= 4 is 44.0 Å². The fraction of sp³-hybridized carbons (Fsp3) is 0.429. The van der Waals surface area contributed by atoms with E-state index in [2.05, 4.69) is 85.0 Å². The van der Waals surface area contributed by atoms with Crippen molar-refractivity contribution in [2.24, 2.45) is 11.3 Å². The summed E-state index contributed by atoms with van der Waals surface area (Å²) in [5.74, 6) is 1.55. The number of piperazine rings is 1. The number of anilines is 2. The van der Waals surface area contributed by atoms with Gasteiger partial charge in [0.05, 0.1) is 41.4 Å². The van der Waals surface area contributed by atoms with E-state index in [0.717, 1.165) is 93.6 Å². The number of rotatable bonds is 17. The van der Waals surface area contributed by atoms with Crippen molar-refractivity contribution in [3.8, 4) is 23.0 Å². The van der Waals surface area contributed by atoms with Crippen LogP contribution in [-0.4, -0.2) is 109 Å². The molecule has 4 heterocycles. The van der Waals surface area contributed by atoms with Crippen LogP contribution >= 0.6 is 0 Å². The molecule has 2 saturated heterocycles. The Kier molecular flexibility index (Phi) is 14.1. The summed E-state index contributed by atoms with van der Waals surface area (Å²) >= 11 is 0. The second kappa shape index (κ2) is 20.5. The monoisotopic (exact) mass is 1030 g/mol. The van der Waals surface area contributed by atoms with Crippen molar-refractivity contribution in [1.82, 2.24) is 24.5 Å². The van der Waals surface area contributed by atoms with Gasteiger partial charge in [-0.1, -0.05) is 44.2 Å². The first-order valence-electron chi connectivity index (χ1n) is 25.6. The summed E-state index contributed by atoms with van der Waals surface area (Å²) in [6, 6.07) is 28.0. The van der Waals surface area contributed by atoms with E-state index in [1.165, 1.54) is 35.0 Å². The van der Waals surface area contributed by atoms with Gasteiger partial charge in [-0.2, -0.15) is 0 Å². The molecule has 390 valence electrons. The summed E-state index contributed by atoms with van der Waals surface area (Å²) in [4.78, 5) is 40.3. The third kappa shape index (κ3) is 10.6. The zero-order valence-corrected chi connectivity index (χ0v) is 43.5. The average molecular weight is 1030 g/mol. The molecule has 1 spiro atoms. The van der Waals surface area contributed by atoms with Gasteiger partial charge in [0.15, 0.2) is 11.5 Å². The largest absolute Gasteiger partial charge is 0.493 e. The number of hydrogen-bond acceptors (Lipinski definition) is 14. The Morgan fingerprint density at radius 1 is 0.946 bits per heavy atom. The Bertz CT molecular complexity index is 3160. The van der Waals surface area contributed by atoms with Gasteiger partial charge in [0.1, 0.15) is 22.8 Å². The number of aromatic nitrogens is 2. The number of hydrogen-bond donors (Lipinski definition) is 4. The summed E-state index contributed by atoms with van der Waals surface area (Å²) in [6.07, 6.45) is 8.19. The van der Waals surface area contributed by atoms with E-state index in [0.29, 0.717) is 42.7 Å². The second-order valence-corrected chi connectivity index (χ2v) is 23.1. The van der Waals surface area contributed by atoms with Crippen LogP contribution in [0.5, 0.6) is 23.0 Å². The molecule has 2 saturated carbocycles. The van der Waals surface area contributed by atoms with Crippen molar-refractivity contribution in [3.63, 3.8) is 0 Å². The third-order valence-electron chi connectivity index (χ3n) is 15.8. The lowest BCUT2D eigenvalue weighted by atomic mass is 9.59.